The predicted molar refractivity (Wildman–Crippen MR) is 73.1 cm³/mol. The number of amides is 1. The summed E-state index contributed by atoms with van der Waals surface area (Å²) >= 11 is 0. The number of rotatable bonds is 4. The second-order valence-corrected chi connectivity index (χ2v) is 4.47. The summed E-state index contributed by atoms with van der Waals surface area (Å²) in [4.78, 5) is 27.7. The molecular weight excluding hydrogens is 256 g/mol. The molecule has 1 atom stereocenters. The lowest BCUT2D eigenvalue weighted by atomic mass is 9.96. The molecule has 2 aromatic rings. The maximum atomic E-state index is 12.1. The van der Waals surface area contributed by atoms with Crippen molar-refractivity contribution < 1.29 is 14.7 Å². The molecule has 5 heteroatoms. The van der Waals surface area contributed by atoms with Crippen LogP contribution in [0.25, 0.3) is 0 Å². The monoisotopic (exact) mass is 270 g/mol. The van der Waals surface area contributed by atoms with Gasteiger partial charge in [0.05, 0.1) is 5.69 Å². The number of carboxylic acids is 1. The molecule has 1 heterocycles. The molecule has 1 aromatic heterocycles. The van der Waals surface area contributed by atoms with Crippen LogP contribution in [0.2, 0.25) is 0 Å². The number of aromatic nitrogens is 1. The highest BCUT2D eigenvalue weighted by atomic mass is 16.4. The van der Waals surface area contributed by atoms with Crippen LogP contribution in [0.5, 0.6) is 0 Å². The van der Waals surface area contributed by atoms with Crippen molar-refractivity contribution in [2.45, 2.75) is 12.5 Å². The first-order chi connectivity index (χ1) is 9.54. The first-order valence-corrected chi connectivity index (χ1v) is 6.06. The van der Waals surface area contributed by atoms with Gasteiger partial charge in [0, 0.05) is 11.8 Å². The Labute approximate surface area is 116 Å². The number of hydrogen-bond donors (Lipinski definition) is 2. The molecular formula is C15H14N2O3. The van der Waals surface area contributed by atoms with Crippen LogP contribution in [0.1, 0.15) is 23.0 Å². The number of carboxylic acid groups (broad SMARTS) is 1. The lowest BCUT2D eigenvalue weighted by Crippen LogP contribution is -2.50. The molecule has 0 aliphatic carbocycles. The Balaban J connectivity index is 2.32. The largest absolute Gasteiger partial charge is 0.479 e. The van der Waals surface area contributed by atoms with E-state index >= 15 is 0 Å². The summed E-state index contributed by atoms with van der Waals surface area (Å²) in [5.74, 6) is -1.62. The number of nitrogens with one attached hydrogen (secondary N) is 1. The van der Waals surface area contributed by atoms with Crippen LogP contribution in [0.3, 0.4) is 0 Å². The predicted octanol–water partition coefficient (Wildman–Crippen LogP) is 1.81. The van der Waals surface area contributed by atoms with E-state index < -0.39 is 17.4 Å². The Morgan fingerprint density at radius 2 is 1.75 bits per heavy atom. The van der Waals surface area contributed by atoms with Gasteiger partial charge < -0.3 is 10.4 Å². The van der Waals surface area contributed by atoms with E-state index in [9.17, 15) is 14.7 Å². The quantitative estimate of drug-likeness (QED) is 0.888. The van der Waals surface area contributed by atoms with Crippen molar-refractivity contribution in [1.29, 1.82) is 0 Å². The molecule has 1 unspecified atom stereocenters. The smallest absolute Gasteiger partial charge is 0.335 e. The van der Waals surface area contributed by atoms with Crippen molar-refractivity contribution in [1.82, 2.24) is 10.3 Å². The summed E-state index contributed by atoms with van der Waals surface area (Å²) in [6.07, 6.45) is 1.49. The van der Waals surface area contributed by atoms with Crippen molar-refractivity contribution in [2.24, 2.45) is 0 Å². The average molecular weight is 270 g/mol. The maximum absolute atomic E-state index is 12.1. The van der Waals surface area contributed by atoms with Gasteiger partial charge in [-0.25, -0.2) is 4.79 Å². The SMILES string of the molecule is CC(NC(=O)c1ccccc1)(C(=O)O)c1ccccn1. The van der Waals surface area contributed by atoms with E-state index in [0.717, 1.165) is 0 Å². The molecule has 1 amide bonds. The number of carbonyl (C=O) groups excluding carboxylic acids is 1. The Kier molecular flexibility index (Phi) is 3.79. The second kappa shape index (κ2) is 5.52. The molecule has 5 nitrogen and oxygen atoms in total. The fourth-order valence-corrected chi connectivity index (χ4v) is 1.77. The van der Waals surface area contributed by atoms with Crippen LogP contribution in [0.4, 0.5) is 0 Å². The average Bonchev–Trinajstić information content (AvgIpc) is 2.48. The molecule has 0 saturated heterocycles. The summed E-state index contributed by atoms with van der Waals surface area (Å²) in [5, 5.41) is 12.0. The topological polar surface area (TPSA) is 79.3 Å². The Hall–Kier alpha value is -2.69. The first-order valence-electron chi connectivity index (χ1n) is 6.06. The molecule has 0 saturated carbocycles. The number of nitrogens with zero attached hydrogens (tertiary/aromatic N) is 1. The molecule has 0 bridgehead atoms. The third-order valence-corrected chi connectivity index (χ3v) is 3.00. The fraction of sp³-hybridized carbons (Fsp3) is 0.133. The van der Waals surface area contributed by atoms with Crippen LogP contribution in [-0.2, 0) is 10.3 Å². The van der Waals surface area contributed by atoms with Crippen LogP contribution < -0.4 is 5.32 Å². The van der Waals surface area contributed by atoms with E-state index in [-0.39, 0.29) is 5.69 Å². The van der Waals surface area contributed by atoms with Crippen molar-refractivity contribution >= 4 is 11.9 Å². The van der Waals surface area contributed by atoms with Gasteiger partial charge in [0.15, 0.2) is 5.54 Å². The van der Waals surface area contributed by atoms with Gasteiger partial charge in [0.25, 0.3) is 5.91 Å². The summed E-state index contributed by atoms with van der Waals surface area (Å²) in [6.45, 7) is 1.42. The minimum Gasteiger partial charge on any atom is -0.479 e. The van der Waals surface area contributed by atoms with Gasteiger partial charge in [-0.3, -0.25) is 9.78 Å². The molecule has 2 N–H and O–H groups in total. The molecule has 20 heavy (non-hydrogen) atoms. The molecule has 1 aromatic carbocycles. The van der Waals surface area contributed by atoms with Gasteiger partial charge in [0.1, 0.15) is 0 Å². The first kappa shape index (κ1) is 13.7. The zero-order chi connectivity index (χ0) is 14.6. The van der Waals surface area contributed by atoms with Crippen LogP contribution >= 0.6 is 0 Å². The minimum atomic E-state index is -1.58. The maximum Gasteiger partial charge on any atom is 0.335 e. The third kappa shape index (κ3) is 2.66. The molecule has 0 aliphatic rings. The van der Waals surface area contributed by atoms with Gasteiger partial charge in [-0.2, -0.15) is 0 Å². The van der Waals surface area contributed by atoms with E-state index in [1.165, 1.54) is 13.1 Å². The zero-order valence-electron chi connectivity index (χ0n) is 10.9. The van der Waals surface area contributed by atoms with Gasteiger partial charge >= 0.3 is 5.97 Å². The summed E-state index contributed by atoms with van der Waals surface area (Å²) in [5.41, 5.74) is -0.901. The highest BCUT2D eigenvalue weighted by Gasteiger charge is 2.38. The van der Waals surface area contributed by atoms with E-state index in [1.807, 2.05) is 0 Å². The summed E-state index contributed by atoms with van der Waals surface area (Å²) in [6, 6.07) is 13.4. The van der Waals surface area contributed by atoms with E-state index in [1.54, 1.807) is 48.5 Å². The number of benzene rings is 1. The zero-order valence-corrected chi connectivity index (χ0v) is 10.9. The van der Waals surface area contributed by atoms with Crippen LogP contribution in [0.15, 0.2) is 54.7 Å². The van der Waals surface area contributed by atoms with E-state index in [0.29, 0.717) is 5.56 Å². The Morgan fingerprint density at radius 1 is 1.10 bits per heavy atom. The van der Waals surface area contributed by atoms with Crippen molar-refractivity contribution in [2.75, 3.05) is 0 Å². The molecule has 0 radical (unpaired) electrons. The third-order valence-electron chi connectivity index (χ3n) is 3.00. The molecule has 0 fully saturated rings. The Morgan fingerprint density at radius 3 is 2.30 bits per heavy atom. The highest BCUT2D eigenvalue weighted by molar-refractivity contribution is 5.97. The normalized spacial score (nSPS) is 13.2. The van der Waals surface area contributed by atoms with Gasteiger partial charge in [-0.1, -0.05) is 24.3 Å². The van der Waals surface area contributed by atoms with Crippen molar-refractivity contribution in [3.05, 3.63) is 66.0 Å². The van der Waals surface area contributed by atoms with Crippen molar-refractivity contribution in [3.63, 3.8) is 0 Å². The second-order valence-electron chi connectivity index (χ2n) is 4.47. The van der Waals surface area contributed by atoms with Crippen LogP contribution in [0, 0.1) is 0 Å². The highest BCUT2D eigenvalue weighted by Crippen LogP contribution is 2.19. The van der Waals surface area contributed by atoms with Crippen LogP contribution in [-0.4, -0.2) is 22.0 Å². The molecule has 0 aliphatic heterocycles. The fourth-order valence-electron chi connectivity index (χ4n) is 1.77. The van der Waals surface area contributed by atoms with E-state index in [2.05, 4.69) is 10.3 Å². The number of carbonyl (C=O) groups is 2. The van der Waals surface area contributed by atoms with Gasteiger partial charge in [0.2, 0.25) is 0 Å². The van der Waals surface area contributed by atoms with Gasteiger partial charge in [-0.05, 0) is 31.2 Å². The number of pyridine rings is 1. The minimum absolute atomic E-state index is 0.275. The summed E-state index contributed by atoms with van der Waals surface area (Å²) in [7, 11) is 0. The molecule has 0 spiro atoms. The van der Waals surface area contributed by atoms with Gasteiger partial charge in [-0.15, -0.1) is 0 Å². The molecule has 102 valence electrons. The number of aliphatic carboxylic acids is 1. The lowest BCUT2D eigenvalue weighted by Gasteiger charge is -2.25. The van der Waals surface area contributed by atoms with E-state index in [4.69, 9.17) is 0 Å². The number of hydrogen-bond acceptors (Lipinski definition) is 3. The summed E-state index contributed by atoms with van der Waals surface area (Å²) < 4.78 is 0. The Bertz CT molecular complexity index is 614. The van der Waals surface area contributed by atoms with Crippen molar-refractivity contribution in [3.8, 4) is 0 Å². The standard InChI is InChI=1S/C15H14N2O3/c1-15(14(19)20,12-9-5-6-10-16-12)17-13(18)11-7-3-2-4-8-11/h2-10H,1H3,(H,17,18)(H,19,20). The lowest BCUT2D eigenvalue weighted by molar-refractivity contribution is -0.144. The molecule has 2 rings (SSSR count).